The lowest BCUT2D eigenvalue weighted by atomic mass is 10.1. The van der Waals surface area contributed by atoms with Crippen molar-refractivity contribution < 1.29 is 14.4 Å². The van der Waals surface area contributed by atoms with Crippen molar-refractivity contribution in [3.8, 4) is 11.3 Å². The summed E-state index contributed by atoms with van der Waals surface area (Å²) in [4.78, 5) is 42.5. The van der Waals surface area contributed by atoms with Crippen LogP contribution in [0.15, 0.2) is 29.6 Å². The molecule has 1 aliphatic heterocycles. The number of carbonyl (C=O) groups is 3. The second kappa shape index (κ2) is 9.60. The molecule has 2 aliphatic rings. The molecule has 2 N–H and O–H groups in total. The van der Waals surface area contributed by atoms with Crippen LogP contribution in [0, 0.1) is 5.92 Å². The summed E-state index contributed by atoms with van der Waals surface area (Å²) in [6.45, 7) is 2.65. The second-order valence-corrected chi connectivity index (χ2v) is 9.20. The number of rotatable bonds is 7. The summed E-state index contributed by atoms with van der Waals surface area (Å²) >= 11 is 1.39. The molecule has 1 saturated carbocycles. The Morgan fingerprint density at radius 2 is 1.94 bits per heavy atom. The normalized spacial score (nSPS) is 19.1. The number of likely N-dealkylation sites (tertiary alicyclic amines) is 1. The number of benzene rings is 1. The van der Waals surface area contributed by atoms with Crippen LogP contribution in [0.5, 0.6) is 0 Å². The molecule has 8 heteroatoms. The molecule has 4 rings (SSSR count). The molecule has 0 radical (unpaired) electrons. The number of amides is 3. The van der Waals surface area contributed by atoms with Crippen molar-refractivity contribution >= 4 is 34.2 Å². The van der Waals surface area contributed by atoms with Crippen LogP contribution < -0.4 is 10.6 Å². The van der Waals surface area contributed by atoms with E-state index >= 15 is 0 Å². The summed E-state index contributed by atoms with van der Waals surface area (Å²) in [6, 6.07) is 8.36. The minimum Gasteiger partial charge on any atom is -0.356 e. The van der Waals surface area contributed by atoms with Crippen LogP contribution in [0.2, 0.25) is 0 Å². The van der Waals surface area contributed by atoms with Gasteiger partial charge in [0.1, 0.15) is 0 Å². The van der Waals surface area contributed by atoms with Gasteiger partial charge in [0, 0.05) is 43.4 Å². The molecule has 1 aliphatic carbocycles. The van der Waals surface area contributed by atoms with Gasteiger partial charge in [0.2, 0.25) is 17.7 Å². The predicted molar refractivity (Wildman–Crippen MR) is 121 cm³/mol. The van der Waals surface area contributed by atoms with Gasteiger partial charge in [-0.2, -0.15) is 0 Å². The van der Waals surface area contributed by atoms with E-state index in [-0.39, 0.29) is 23.6 Å². The highest BCUT2D eigenvalue weighted by Gasteiger charge is 2.38. The standard InChI is InChI=1S/C23H28N4O3S/c1-15(28)24-11-10-16-6-8-17(9-7-16)20-14-31-23(25-20)26-22(30)18-12-21(29)27(13-18)19-4-2-3-5-19/h6-9,14,18-19H,2-5,10-13H2,1H3,(H,24,28)(H,25,26,30)/t18-/m1/s1. The maximum absolute atomic E-state index is 12.7. The first-order chi connectivity index (χ1) is 15.0. The number of hydrogen-bond donors (Lipinski definition) is 2. The van der Waals surface area contributed by atoms with Gasteiger partial charge in [-0.05, 0) is 24.8 Å². The van der Waals surface area contributed by atoms with Gasteiger partial charge in [-0.1, -0.05) is 37.1 Å². The lowest BCUT2D eigenvalue weighted by Crippen LogP contribution is -2.35. The average molecular weight is 441 g/mol. The Bertz CT molecular complexity index is 950. The Labute approximate surface area is 186 Å². The van der Waals surface area contributed by atoms with Gasteiger partial charge in [0.15, 0.2) is 5.13 Å². The Morgan fingerprint density at radius 3 is 2.65 bits per heavy atom. The van der Waals surface area contributed by atoms with Gasteiger partial charge in [-0.15, -0.1) is 11.3 Å². The predicted octanol–water partition coefficient (Wildman–Crippen LogP) is 3.22. The smallest absolute Gasteiger partial charge is 0.231 e. The Morgan fingerprint density at radius 1 is 1.19 bits per heavy atom. The first-order valence-electron chi connectivity index (χ1n) is 10.9. The van der Waals surface area contributed by atoms with Crippen molar-refractivity contribution in [2.75, 3.05) is 18.4 Å². The molecule has 1 aromatic heterocycles. The minimum absolute atomic E-state index is 0.0260. The van der Waals surface area contributed by atoms with Gasteiger partial charge in [0.05, 0.1) is 11.6 Å². The molecule has 31 heavy (non-hydrogen) atoms. The fourth-order valence-corrected chi connectivity index (χ4v) is 5.09. The van der Waals surface area contributed by atoms with E-state index in [1.54, 1.807) is 0 Å². The Kier molecular flexibility index (Phi) is 6.65. The van der Waals surface area contributed by atoms with Gasteiger partial charge >= 0.3 is 0 Å². The van der Waals surface area contributed by atoms with Crippen LogP contribution in [0.3, 0.4) is 0 Å². The van der Waals surface area contributed by atoms with E-state index in [1.807, 2.05) is 34.5 Å². The molecular formula is C23H28N4O3S. The van der Waals surface area contributed by atoms with Crippen LogP contribution >= 0.6 is 11.3 Å². The summed E-state index contributed by atoms with van der Waals surface area (Å²) < 4.78 is 0. The maximum Gasteiger partial charge on any atom is 0.231 e. The fraction of sp³-hybridized carbons (Fsp3) is 0.478. The molecule has 2 fully saturated rings. The van der Waals surface area contributed by atoms with Crippen molar-refractivity contribution in [1.29, 1.82) is 0 Å². The van der Waals surface area contributed by atoms with Crippen LogP contribution in [-0.2, 0) is 20.8 Å². The molecule has 2 aromatic rings. The van der Waals surface area contributed by atoms with Crippen molar-refractivity contribution in [2.24, 2.45) is 5.92 Å². The van der Waals surface area contributed by atoms with Gasteiger partial charge in [-0.3, -0.25) is 14.4 Å². The molecule has 2 heterocycles. The second-order valence-electron chi connectivity index (χ2n) is 8.34. The van der Waals surface area contributed by atoms with E-state index in [2.05, 4.69) is 15.6 Å². The number of thiazole rings is 1. The van der Waals surface area contributed by atoms with Crippen LogP contribution in [0.25, 0.3) is 11.3 Å². The van der Waals surface area contributed by atoms with E-state index in [9.17, 15) is 14.4 Å². The zero-order valence-corrected chi connectivity index (χ0v) is 18.5. The number of aromatic nitrogens is 1. The molecule has 164 valence electrons. The number of nitrogens with one attached hydrogen (secondary N) is 2. The fourth-order valence-electron chi connectivity index (χ4n) is 4.37. The zero-order valence-electron chi connectivity index (χ0n) is 17.7. The van der Waals surface area contributed by atoms with E-state index in [0.717, 1.165) is 36.1 Å². The quantitative estimate of drug-likeness (QED) is 0.692. The minimum atomic E-state index is -0.302. The molecule has 7 nitrogen and oxygen atoms in total. The highest BCUT2D eigenvalue weighted by molar-refractivity contribution is 7.14. The van der Waals surface area contributed by atoms with Gasteiger partial charge in [0.25, 0.3) is 0 Å². The number of carbonyl (C=O) groups excluding carboxylic acids is 3. The molecule has 0 spiro atoms. The molecule has 3 amide bonds. The third-order valence-electron chi connectivity index (χ3n) is 6.07. The Hall–Kier alpha value is -2.74. The van der Waals surface area contributed by atoms with Crippen molar-refractivity contribution in [1.82, 2.24) is 15.2 Å². The molecule has 0 unspecified atom stereocenters. The van der Waals surface area contributed by atoms with Gasteiger partial charge in [-0.25, -0.2) is 4.98 Å². The first kappa shape index (κ1) is 21.5. The van der Waals surface area contributed by atoms with Crippen molar-refractivity contribution in [3.63, 3.8) is 0 Å². The molecule has 1 aromatic carbocycles. The maximum atomic E-state index is 12.7. The largest absolute Gasteiger partial charge is 0.356 e. The summed E-state index contributed by atoms with van der Waals surface area (Å²) in [7, 11) is 0. The monoisotopic (exact) mass is 440 g/mol. The van der Waals surface area contributed by atoms with E-state index < -0.39 is 0 Å². The first-order valence-corrected chi connectivity index (χ1v) is 11.8. The topological polar surface area (TPSA) is 91.4 Å². The zero-order chi connectivity index (χ0) is 21.8. The third-order valence-corrected chi connectivity index (χ3v) is 6.82. The van der Waals surface area contributed by atoms with Crippen LogP contribution in [-0.4, -0.2) is 46.7 Å². The summed E-state index contributed by atoms with van der Waals surface area (Å²) in [5.41, 5.74) is 2.92. The number of hydrogen-bond acceptors (Lipinski definition) is 5. The van der Waals surface area contributed by atoms with Crippen LogP contribution in [0.4, 0.5) is 5.13 Å². The highest BCUT2D eigenvalue weighted by atomic mass is 32.1. The molecular weight excluding hydrogens is 412 g/mol. The molecule has 1 saturated heterocycles. The summed E-state index contributed by atoms with van der Waals surface area (Å²) in [5.74, 6) is -0.348. The van der Waals surface area contributed by atoms with Crippen molar-refractivity contribution in [3.05, 3.63) is 35.2 Å². The average Bonchev–Trinajstić information content (AvgIpc) is 3.49. The molecule has 1 atom stereocenters. The number of nitrogens with zero attached hydrogens (tertiary/aromatic N) is 2. The van der Waals surface area contributed by atoms with E-state index in [0.29, 0.717) is 30.7 Å². The molecule has 0 bridgehead atoms. The van der Waals surface area contributed by atoms with Crippen LogP contribution in [0.1, 0.15) is 44.6 Å². The summed E-state index contributed by atoms with van der Waals surface area (Å²) in [5, 5.41) is 8.18. The lowest BCUT2D eigenvalue weighted by molar-refractivity contribution is -0.130. The number of anilines is 1. The Balaban J connectivity index is 1.32. The van der Waals surface area contributed by atoms with Crippen molar-refractivity contribution in [2.45, 2.75) is 51.5 Å². The third kappa shape index (κ3) is 5.31. The SMILES string of the molecule is CC(=O)NCCc1ccc(-c2csc(NC(=O)[C@@H]3CC(=O)N(C4CCCC4)C3)n2)cc1. The van der Waals surface area contributed by atoms with E-state index in [1.165, 1.54) is 31.1 Å². The van der Waals surface area contributed by atoms with E-state index in [4.69, 9.17) is 0 Å². The lowest BCUT2D eigenvalue weighted by Gasteiger charge is -2.23. The summed E-state index contributed by atoms with van der Waals surface area (Å²) in [6.07, 6.45) is 5.52. The van der Waals surface area contributed by atoms with Gasteiger partial charge < -0.3 is 15.5 Å². The highest BCUT2D eigenvalue weighted by Crippen LogP contribution is 2.31.